The number of hydrogen-bond acceptors (Lipinski definition) is 3. The summed E-state index contributed by atoms with van der Waals surface area (Å²) in [5.41, 5.74) is 7.18. The lowest BCUT2D eigenvalue weighted by Crippen LogP contribution is -2.05. The van der Waals surface area contributed by atoms with Gasteiger partial charge in [-0.1, -0.05) is 16.8 Å². The van der Waals surface area contributed by atoms with Crippen LogP contribution in [-0.2, 0) is 0 Å². The van der Waals surface area contributed by atoms with Crippen LogP contribution in [0.2, 0.25) is 5.02 Å². The Morgan fingerprint density at radius 3 is 3.00 bits per heavy atom. The SMILES string of the molecule is CC(N)c1noc2ccc(Cl)cc12. The summed E-state index contributed by atoms with van der Waals surface area (Å²) in [6, 6.07) is 5.22. The van der Waals surface area contributed by atoms with E-state index < -0.39 is 0 Å². The summed E-state index contributed by atoms with van der Waals surface area (Å²) in [5, 5.41) is 5.43. The lowest BCUT2D eigenvalue weighted by molar-refractivity contribution is 0.440. The van der Waals surface area contributed by atoms with Gasteiger partial charge in [0, 0.05) is 16.5 Å². The first-order chi connectivity index (χ1) is 6.18. The standard InChI is InChI=1S/C9H9ClN2O/c1-5(11)9-7-4-6(10)2-3-8(7)13-12-9/h2-5H,11H2,1H3. The van der Waals surface area contributed by atoms with Gasteiger partial charge in [-0.15, -0.1) is 0 Å². The predicted molar refractivity (Wildman–Crippen MR) is 51.6 cm³/mol. The Kier molecular flexibility index (Phi) is 1.98. The molecule has 0 aliphatic heterocycles. The second-order valence-electron chi connectivity index (χ2n) is 3.00. The second kappa shape index (κ2) is 3.01. The Hall–Kier alpha value is -1.06. The molecule has 0 aliphatic carbocycles. The molecular weight excluding hydrogens is 188 g/mol. The summed E-state index contributed by atoms with van der Waals surface area (Å²) in [4.78, 5) is 0. The average Bonchev–Trinajstić information content (AvgIpc) is 2.46. The molecule has 4 heteroatoms. The third kappa shape index (κ3) is 1.41. The molecule has 1 heterocycles. The summed E-state index contributed by atoms with van der Waals surface area (Å²) in [7, 11) is 0. The molecule has 1 atom stereocenters. The highest BCUT2D eigenvalue weighted by atomic mass is 35.5. The van der Waals surface area contributed by atoms with Crippen LogP contribution < -0.4 is 5.73 Å². The van der Waals surface area contributed by atoms with Crippen LogP contribution in [0.4, 0.5) is 0 Å². The molecule has 0 radical (unpaired) electrons. The number of fused-ring (bicyclic) bond motifs is 1. The van der Waals surface area contributed by atoms with Gasteiger partial charge in [0.2, 0.25) is 0 Å². The zero-order valence-corrected chi connectivity index (χ0v) is 7.88. The van der Waals surface area contributed by atoms with E-state index in [1.165, 1.54) is 0 Å². The highest BCUT2D eigenvalue weighted by Gasteiger charge is 2.11. The Balaban J connectivity index is 2.71. The molecular formula is C9H9ClN2O. The van der Waals surface area contributed by atoms with Gasteiger partial charge < -0.3 is 10.3 Å². The number of benzene rings is 1. The Labute approximate surface area is 80.5 Å². The van der Waals surface area contributed by atoms with E-state index >= 15 is 0 Å². The van der Waals surface area contributed by atoms with Gasteiger partial charge in [0.05, 0.1) is 0 Å². The van der Waals surface area contributed by atoms with E-state index in [-0.39, 0.29) is 6.04 Å². The number of rotatable bonds is 1. The minimum absolute atomic E-state index is 0.139. The maximum atomic E-state index is 5.84. The van der Waals surface area contributed by atoms with Gasteiger partial charge in [0.1, 0.15) is 5.69 Å². The molecule has 3 nitrogen and oxygen atoms in total. The van der Waals surface area contributed by atoms with Crippen molar-refractivity contribution < 1.29 is 4.52 Å². The van der Waals surface area contributed by atoms with Crippen molar-refractivity contribution in [2.75, 3.05) is 0 Å². The fourth-order valence-corrected chi connectivity index (χ4v) is 1.43. The van der Waals surface area contributed by atoms with Crippen LogP contribution in [-0.4, -0.2) is 5.16 Å². The molecule has 0 spiro atoms. The maximum absolute atomic E-state index is 5.84. The Morgan fingerprint density at radius 2 is 2.31 bits per heavy atom. The van der Waals surface area contributed by atoms with E-state index in [0.717, 1.165) is 16.7 Å². The van der Waals surface area contributed by atoms with Crippen LogP contribution in [0.25, 0.3) is 11.0 Å². The van der Waals surface area contributed by atoms with Crippen molar-refractivity contribution in [3.05, 3.63) is 28.9 Å². The number of halogens is 1. The topological polar surface area (TPSA) is 52.0 Å². The van der Waals surface area contributed by atoms with Gasteiger partial charge in [-0.05, 0) is 25.1 Å². The second-order valence-corrected chi connectivity index (χ2v) is 3.43. The molecule has 0 bridgehead atoms. The van der Waals surface area contributed by atoms with Gasteiger partial charge >= 0.3 is 0 Å². The fraction of sp³-hybridized carbons (Fsp3) is 0.222. The summed E-state index contributed by atoms with van der Waals surface area (Å²) in [6.07, 6.45) is 0. The van der Waals surface area contributed by atoms with Crippen LogP contribution in [0.1, 0.15) is 18.7 Å². The van der Waals surface area contributed by atoms with Gasteiger partial charge in [0.25, 0.3) is 0 Å². The first kappa shape index (κ1) is 8.53. The maximum Gasteiger partial charge on any atom is 0.167 e. The third-order valence-electron chi connectivity index (χ3n) is 1.89. The monoisotopic (exact) mass is 196 g/mol. The number of hydrogen-bond donors (Lipinski definition) is 1. The third-order valence-corrected chi connectivity index (χ3v) is 2.13. The summed E-state index contributed by atoms with van der Waals surface area (Å²) >= 11 is 5.84. The van der Waals surface area contributed by atoms with E-state index in [9.17, 15) is 0 Å². The highest BCUT2D eigenvalue weighted by Crippen LogP contribution is 2.25. The smallest absolute Gasteiger partial charge is 0.167 e. The molecule has 2 aromatic rings. The lowest BCUT2D eigenvalue weighted by atomic mass is 10.1. The number of aromatic nitrogens is 1. The average molecular weight is 197 g/mol. The van der Waals surface area contributed by atoms with Crippen LogP contribution in [0.15, 0.2) is 22.7 Å². The van der Waals surface area contributed by atoms with E-state index in [1.807, 2.05) is 13.0 Å². The highest BCUT2D eigenvalue weighted by molar-refractivity contribution is 6.31. The van der Waals surface area contributed by atoms with Crippen LogP contribution in [0.5, 0.6) is 0 Å². The largest absolute Gasteiger partial charge is 0.356 e. The fourth-order valence-electron chi connectivity index (χ4n) is 1.26. The molecule has 2 N–H and O–H groups in total. The molecule has 1 unspecified atom stereocenters. The molecule has 1 aromatic carbocycles. The molecule has 0 saturated carbocycles. The van der Waals surface area contributed by atoms with Crippen LogP contribution in [0.3, 0.4) is 0 Å². The zero-order valence-electron chi connectivity index (χ0n) is 7.12. The molecule has 68 valence electrons. The first-order valence-corrected chi connectivity index (χ1v) is 4.36. The molecule has 0 amide bonds. The minimum atomic E-state index is -0.139. The van der Waals surface area contributed by atoms with E-state index in [2.05, 4.69) is 5.16 Å². The van der Waals surface area contributed by atoms with Crippen molar-refractivity contribution in [2.24, 2.45) is 5.73 Å². The summed E-state index contributed by atoms with van der Waals surface area (Å²) in [6.45, 7) is 1.86. The van der Waals surface area contributed by atoms with Gasteiger partial charge in [0.15, 0.2) is 5.58 Å². The summed E-state index contributed by atoms with van der Waals surface area (Å²) in [5.74, 6) is 0. The van der Waals surface area contributed by atoms with Crippen LogP contribution in [0, 0.1) is 0 Å². The molecule has 13 heavy (non-hydrogen) atoms. The van der Waals surface area contributed by atoms with Crippen molar-refractivity contribution in [1.82, 2.24) is 5.16 Å². The minimum Gasteiger partial charge on any atom is -0.356 e. The summed E-state index contributed by atoms with van der Waals surface area (Å²) < 4.78 is 5.08. The van der Waals surface area contributed by atoms with E-state index in [1.54, 1.807) is 12.1 Å². The number of nitrogens with zero attached hydrogens (tertiary/aromatic N) is 1. The van der Waals surface area contributed by atoms with Crippen molar-refractivity contribution in [3.8, 4) is 0 Å². The van der Waals surface area contributed by atoms with Crippen molar-refractivity contribution in [2.45, 2.75) is 13.0 Å². The molecule has 1 aromatic heterocycles. The lowest BCUT2D eigenvalue weighted by Gasteiger charge is -1.98. The van der Waals surface area contributed by atoms with Gasteiger partial charge in [-0.2, -0.15) is 0 Å². The normalized spacial score (nSPS) is 13.5. The van der Waals surface area contributed by atoms with Crippen molar-refractivity contribution in [3.63, 3.8) is 0 Å². The van der Waals surface area contributed by atoms with Crippen molar-refractivity contribution in [1.29, 1.82) is 0 Å². The molecule has 0 saturated heterocycles. The van der Waals surface area contributed by atoms with Crippen LogP contribution >= 0.6 is 11.6 Å². The predicted octanol–water partition coefficient (Wildman–Crippen LogP) is 2.50. The van der Waals surface area contributed by atoms with E-state index in [4.69, 9.17) is 21.9 Å². The quantitative estimate of drug-likeness (QED) is 0.763. The first-order valence-electron chi connectivity index (χ1n) is 3.99. The van der Waals surface area contributed by atoms with Crippen molar-refractivity contribution >= 4 is 22.6 Å². The Bertz CT molecular complexity index is 436. The Morgan fingerprint density at radius 1 is 1.54 bits per heavy atom. The molecule has 0 fully saturated rings. The van der Waals surface area contributed by atoms with Gasteiger partial charge in [-0.3, -0.25) is 0 Å². The number of nitrogens with two attached hydrogens (primary N) is 1. The molecule has 2 rings (SSSR count). The zero-order chi connectivity index (χ0) is 9.42. The van der Waals surface area contributed by atoms with E-state index in [0.29, 0.717) is 5.02 Å². The molecule has 0 aliphatic rings. The van der Waals surface area contributed by atoms with Gasteiger partial charge in [-0.25, -0.2) is 0 Å².